The van der Waals surface area contributed by atoms with E-state index in [1.807, 2.05) is 0 Å². The van der Waals surface area contributed by atoms with Crippen molar-refractivity contribution < 1.29 is 5.11 Å². The molecule has 0 saturated carbocycles. The van der Waals surface area contributed by atoms with Crippen LogP contribution in [0.1, 0.15) is 84.1 Å². The summed E-state index contributed by atoms with van der Waals surface area (Å²) in [4.78, 5) is 0. The zero-order valence-corrected chi connectivity index (χ0v) is 17.7. The second-order valence-electron chi connectivity index (χ2n) is 6.57. The van der Waals surface area contributed by atoms with Gasteiger partial charge in [0.15, 0.2) is 0 Å². The molecular formula is C20H34OSn. The summed E-state index contributed by atoms with van der Waals surface area (Å²) < 4.78 is 2.22. The van der Waals surface area contributed by atoms with E-state index in [-0.39, 0.29) is 6.61 Å². The molecule has 0 unspecified atom stereocenters. The molecule has 1 rings (SSSR count). The van der Waals surface area contributed by atoms with Crippen molar-refractivity contribution in [3.8, 4) is 0 Å². The fraction of sp³-hybridized carbons (Fsp3) is 0.700. The van der Waals surface area contributed by atoms with Gasteiger partial charge in [-0.2, -0.15) is 0 Å². The Balaban J connectivity index is 2.92. The molecular weight excluding hydrogens is 375 g/mol. The standard InChI is InChI=1S/C13H27.C7H7O.Sn/c1-4-7-10-13(11-8-5-2)12-9-6-3;8-6-7-4-2-1-3-5-7;/h4-12H2,1-3H3;1-2,4-5,8H,6H2;. The third-order valence-electron chi connectivity index (χ3n) is 4.55. The molecule has 1 aromatic carbocycles. The molecule has 124 valence electrons. The van der Waals surface area contributed by atoms with Crippen LogP contribution in [0.15, 0.2) is 24.3 Å². The third kappa shape index (κ3) is 7.04. The molecule has 0 amide bonds. The number of benzene rings is 1. The van der Waals surface area contributed by atoms with Gasteiger partial charge in [-0.15, -0.1) is 0 Å². The van der Waals surface area contributed by atoms with Crippen molar-refractivity contribution >= 4 is 24.7 Å². The summed E-state index contributed by atoms with van der Waals surface area (Å²) in [5.41, 5.74) is 1.09. The molecule has 1 nitrogen and oxygen atoms in total. The van der Waals surface area contributed by atoms with E-state index >= 15 is 0 Å². The van der Waals surface area contributed by atoms with Gasteiger partial charge in [0.2, 0.25) is 0 Å². The van der Waals surface area contributed by atoms with E-state index in [0.717, 1.165) is 5.56 Å². The molecule has 0 saturated heterocycles. The molecule has 1 N–H and O–H groups in total. The number of rotatable bonds is 12. The molecule has 0 aliphatic rings. The van der Waals surface area contributed by atoms with E-state index in [1.54, 1.807) is 3.58 Å². The number of aliphatic hydroxyl groups excluding tert-OH is 1. The number of unbranched alkanes of at least 4 members (excludes halogenated alkanes) is 3. The molecule has 0 aliphatic heterocycles. The van der Waals surface area contributed by atoms with Crippen LogP contribution in [0.25, 0.3) is 0 Å². The molecule has 1 aromatic rings. The Morgan fingerprint density at radius 3 is 1.91 bits per heavy atom. The predicted molar refractivity (Wildman–Crippen MR) is 99.0 cm³/mol. The summed E-state index contributed by atoms with van der Waals surface area (Å²) in [6.07, 6.45) is 12.4. The predicted octanol–water partition coefficient (Wildman–Crippen LogP) is 5.24. The van der Waals surface area contributed by atoms with Gasteiger partial charge in [0.25, 0.3) is 0 Å². The molecule has 0 spiro atoms. The maximum atomic E-state index is 9.40. The van der Waals surface area contributed by atoms with Crippen LogP contribution >= 0.6 is 0 Å². The fourth-order valence-electron chi connectivity index (χ4n) is 3.16. The minimum absolute atomic E-state index is 0.180. The second kappa shape index (κ2) is 11.5. The number of hydrogen-bond donors (Lipinski definition) is 1. The SMILES string of the molecule is CCCC[C](CCCC)(CCCC)[Sn][c]1cccc(CO)c1. The Kier molecular flexibility index (Phi) is 10.5. The van der Waals surface area contributed by atoms with E-state index in [2.05, 4.69) is 45.0 Å². The molecule has 0 aliphatic carbocycles. The van der Waals surface area contributed by atoms with E-state index in [0.29, 0.717) is 3.43 Å². The quantitative estimate of drug-likeness (QED) is 0.469. The van der Waals surface area contributed by atoms with Crippen molar-refractivity contribution in [3.63, 3.8) is 0 Å². The van der Waals surface area contributed by atoms with Gasteiger partial charge < -0.3 is 0 Å². The average molecular weight is 409 g/mol. The maximum absolute atomic E-state index is 9.40. The molecule has 22 heavy (non-hydrogen) atoms. The van der Waals surface area contributed by atoms with Crippen molar-refractivity contribution in [1.82, 2.24) is 0 Å². The topological polar surface area (TPSA) is 20.2 Å². The van der Waals surface area contributed by atoms with Crippen molar-refractivity contribution in [1.29, 1.82) is 0 Å². The Hall–Kier alpha value is -0.0213. The first-order chi connectivity index (χ1) is 10.7. The van der Waals surface area contributed by atoms with Crippen LogP contribution in [-0.4, -0.2) is 26.2 Å². The van der Waals surface area contributed by atoms with Crippen LogP contribution in [0.2, 0.25) is 3.43 Å². The number of aliphatic hydroxyl groups is 1. The molecule has 2 heteroatoms. The minimum atomic E-state index is -0.640. The van der Waals surface area contributed by atoms with Gasteiger partial charge in [-0.05, 0) is 0 Å². The van der Waals surface area contributed by atoms with Gasteiger partial charge in [-0.25, -0.2) is 0 Å². The Morgan fingerprint density at radius 2 is 1.45 bits per heavy atom. The van der Waals surface area contributed by atoms with Crippen molar-refractivity contribution in [2.45, 2.75) is 88.6 Å². The van der Waals surface area contributed by atoms with E-state index in [4.69, 9.17) is 0 Å². The van der Waals surface area contributed by atoms with Crippen molar-refractivity contribution in [2.75, 3.05) is 0 Å². The van der Waals surface area contributed by atoms with Crippen molar-refractivity contribution in [3.05, 3.63) is 29.8 Å². The third-order valence-corrected chi connectivity index (χ3v) is 9.91. The Bertz CT molecular complexity index is 381. The zero-order chi connectivity index (χ0) is 16.3. The zero-order valence-electron chi connectivity index (χ0n) is 14.8. The van der Waals surface area contributed by atoms with Crippen LogP contribution in [0.4, 0.5) is 0 Å². The fourth-order valence-corrected chi connectivity index (χ4v) is 8.74. The van der Waals surface area contributed by atoms with E-state index in [9.17, 15) is 5.11 Å². The van der Waals surface area contributed by atoms with Gasteiger partial charge in [0, 0.05) is 0 Å². The molecule has 0 heterocycles. The second-order valence-corrected chi connectivity index (χ2v) is 12.0. The number of hydrogen-bond acceptors (Lipinski definition) is 1. The normalized spacial score (nSPS) is 11.8. The van der Waals surface area contributed by atoms with Crippen LogP contribution < -0.4 is 3.58 Å². The summed E-state index contributed by atoms with van der Waals surface area (Å²) in [5, 5.41) is 9.40. The van der Waals surface area contributed by atoms with E-state index in [1.165, 1.54) is 57.8 Å². The van der Waals surface area contributed by atoms with Gasteiger partial charge in [-0.3, -0.25) is 0 Å². The van der Waals surface area contributed by atoms with Gasteiger partial charge in [0.05, 0.1) is 0 Å². The van der Waals surface area contributed by atoms with Gasteiger partial charge in [0.1, 0.15) is 0 Å². The first-order valence-electron chi connectivity index (χ1n) is 9.17. The first kappa shape index (κ1) is 20.0. The average Bonchev–Trinajstić information content (AvgIpc) is 2.56. The van der Waals surface area contributed by atoms with Gasteiger partial charge >= 0.3 is 148 Å². The molecule has 0 bridgehead atoms. The summed E-state index contributed by atoms with van der Waals surface area (Å²) in [5.74, 6) is 0. The Labute approximate surface area is 148 Å². The summed E-state index contributed by atoms with van der Waals surface area (Å²) in [7, 11) is 0. The van der Waals surface area contributed by atoms with Crippen LogP contribution in [0.3, 0.4) is 0 Å². The van der Waals surface area contributed by atoms with Crippen LogP contribution in [0, 0.1) is 0 Å². The van der Waals surface area contributed by atoms with Gasteiger partial charge in [-0.1, -0.05) is 0 Å². The summed E-state index contributed by atoms with van der Waals surface area (Å²) in [6.45, 7) is 7.14. The Morgan fingerprint density at radius 1 is 0.909 bits per heavy atom. The summed E-state index contributed by atoms with van der Waals surface area (Å²) >= 11 is -0.640. The molecule has 0 aromatic heterocycles. The molecule has 2 radical (unpaired) electrons. The molecule has 0 fully saturated rings. The van der Waals surface area contributed by atoms with Crippen LogP contribution in [-0.2, 0) is 6.61 Å². The van der Waals surface area contributed by atoms with Crippen molar-refractivity contribution in [2.24, 2.45) is 0 Å². The monoisotopic (exact) mass is 410 g/mol. The summed E-state index contributed by atoms with van der Waals surface area (Å²) in [6, 6.07) is 8.80. The van der Waals surface area contributed by atoms with Crippen LogP contribution in [0.5, 0.6) is 0 Å². The first-order valence-corrected chi connectivity index (χ1v) is 12.0. The molecule has 0 atom stereocenters. The van der Waals surface area contributed by atoms with E-state index < -0.39 is 21.1 Å².